The average molecular weight is 452 g/mol. The van der Waals surface area contributed by atoms with Crippen LogP contribution in [0.1, 0.15) is 58.8 Å². The van der Waals surface area contributed by atoms with E-state index in [2.05, 4.69) is 31.2 Å². The molecule has 0 saturated carbocycles. The first-order valence-electron chi connectivity index (χ1n) is 11.9. The zero-order valence-electron chi connectivity index (χ0n) is 19.2. The Labute approximate surface area is 198 Å². The molecule has 0 unspecified atom stereocenters. The standard InChI is InChI=1S/C29H25NO4/c1-3-29-21-14-7-5-12-19(21)23(20-13-6-8-15-22(20)29)24-25(29)27(32)30(26(24)31)18-11-9-10-17(16-18)28(33)34-4-2/h5-16,23-25H,3-4H2,1-2H3/t23?,24-,25-,29?/m0/s1. The fourth-order valence-corrected chi connectivity index (χ4v) is 6.77. The number of anilines is 1. The van der Waals surface area contributed by atoms with Crippen molar-refractivity contribution in [3.05, 3.63) is 101 Å². The molecule has 1 aliphatic heterocycles. The highest BCUT2D eigenvalue weighted by Gasteiger charge is 2.67. The molecule has 0 radical (unpaired) electrons. The van der Waals surface area contributed by atoms with Crippen molar-refractivity contribution in [3.63, 3.8) is 0 Å². The van der Waals surface area contributed by atoms with Gasteiger partial charge in [0.05, 0.1) is 29.7 Å². The Kier molecular flexibility index (Phi) is 4.53. The first-order valence-corrected chi connectivity index (χ1v) is 11.9. The number of esters is 1. The second-order valence-electron chi connectivity index (χ2n) is 9.26. The molecule has 2 amide bonds. The van der Waals surface area contributed by atoms with Crippen LogP contribution in [0.5, 0.6) is 0 Å². The first kappa shape index (κ1) is 20.8. The van der Waals surface area contributed by atoms with Crippen molar-refractivity contribution in [1.29, 1.82) is 0 Å². The maximum absolute atomic E-state index is 14.1. The van der Waals surface area contributed by atoms with Crippen LogP contribution >= 0.6 is 0 Å². The third kappa shape index (κ3) is 2.47. The average Bonchev–Trinajstić information content (AvgIpc) is 3.15. The van der Waals surface area contributed by atoms with Crippen molar-refractivity contribution in [2.45, 2.75) is 31.6 Å². The predicted molar refractivity (Wildman–Crippen MR) is 128 cm³/mol. The molecule has 3 aromatic rings. The lowest BCUT2D eigenvalue weighted by Gasteiger charge is -2.54. The van der Waals surface area contributed by atoms with Crippen LogP contribution < -0.4 is 4.90 Å². The zero-order chi connectivity index (χ0) is 23.6. The summed E-state index contributed by atoms with van der Waals surface area (Å²) in [4.78, 5) is 41.8. The Hall–Kier alpha value is -3.73. The number of carbonyl (C=O) groups excluding carboxylic acids is 3. The maximum Gasteiger partial charge on any atom is 0.338 e. The quantitative estimate of drug-likeness (QED) is 0.421. The number of benzene rings is 3. The van der Waals surface area contributed by atoms with Crippen LogP contribution in [-0.4, -0.2) is 24.4 Å². The lowest BCUT2D eigenvalue weighted by molar-refractivity contribution is -0.123. The summed E-state index contributed by atoms with van der Waals surface area (Å²) in [5, 5.41) is 0. The van der Waals surface area contributed by atoms with Crippen molar-refractivity contribution in [2.75, 3.05) is 11.5 Å². The van der Waals surface area contributed by atoms with E-state index in [1.807, 2.05) is 24.3 Å². The smallest absolute Gasteiger partial charge is 0.338 e. The van der Waals surface area contributed by atoms with Crippen molar-refractivity contribution in [1.82, 2.24) is 0 Å². The van der Waals surface area contributed by atoms with Crippen molar-refractivity contribution >= 4 is 23.5 Å². The molecule has 3 aromatic carbocycles. The van der Waals surface area contributed by atoms with Crippen LogP contribution in [0.2, 0.25) is 0 Å². The van der Waals surface area contributed by atoms with Crippen LogP contribution in [0.4, 0.5) is 5.69 Å². The van der Waals surface area contributed by atoms with Gasteiger partial charge in [0, 0.05) is 11.3 Å². The van der Waals surface area contributed by atoms with Crippen molar-refractivity contribution in [2.24, 2.45) is 11.8 Å². The molecule has 1 saturated heterocycles. The van der Waals surface area contributed by atoms with Crippen LogP contribution in [0.3, 0.4) is 0 Å². The number of ether oxygens (including phenoxy) is 1. The Bertz CT molecular complexity index is 1310. The van der Waals surface area contributed by atoms with Gasteiger partial charge in [-0.1, -0.05) is 61.5 Å². The Morgan fingerprint density at radius 1 is 0.882 bits per heavy atom. The number of imide groups is 1. The van der Waals surface area contributed by atoms with E-state index in [1.165, 1.54) is 4.90 Å². The summed E-state index contributed by atoms with van der Waals surface area (Å²) in [6.45, 7) is 4.11. The molecular formula is C29H25NO4. The number of hydrogen-bond donors (Lipinski definition) is 0. The monoisotopic (exact) mass is 451 g/mol. The number of nitrogens with zero attached hydrogens (tertiary/aromatic N) is 1. The molecule has 170 valence electrons. The van der Waals surface area contributed by atoms with E-state index in [0.29, 0.717) is 17.7 Å². The van der Waals surface area contributed by atoms with Gasteiger partial charge in [-0.15, -0.1) is 0 Å². The molecule has 7 rings (SSSR count). The number of rotatable bonds is 4. The Morgan fingerprint density at radius 2 is 1.53 bits per heavy atom. The van der Waals surface area contributed by atoms with E-state index in [-0.39, 0.29) is 24.3 Å². The lowest BCUT2D eigenvalue weighted by atomic mass is 9.46. The maximum atomic E-state index is 14.1. The number of amides is 2. The summed E-state index contributed by atoms with van der Waals surface area (Å²) in [6.07, 6.45) is 0.713. The van der Waals surface area contributed by atoms with Gasteiger partial charge in [-0.3, -0.25) is 9.59 Å². The van der Waals surface area contributed by atoms with Gasteiger partial charge in [-0.25, -0.2) is 9.69 Å². The molecule has 2 atom stereocenters. The molecule has 2 bridgehead atoms. The van der Waals surface area contributed by atoms with Crippen molar-refractivity contribution in [3.8, 4) is 0 Å². The van der Waals surface area contributed by atoms with E-state index >= 15 is 0 Å². The topological polar surface area (TPSA) is 63.7 Å². The van der Waals surface area contributed by atoms with E-state index in [0.717, 1.165) is 22.3 Å². The summed E-state index contributed by atoms with van der Waals surface area (Å²) in [6, 6.07) is 23.2. The second-order valence-corrected chi connectivity index (χ2v) is 9.26. The van der Waals surface area contributed by atoms with E-state index in [1.54, 1.807) is 31.2 Å². The van der Waals surface area contributed by atoms with Gasteiger partial charge >= 0.3 is 5.97 Å². The highest BCUT2D eigenvalue weighted by atomic mass is 16.5. The zero-order valence-corrected chi connectivity index (χ0v) is 19.2. The minimum absolute atomic E-state index is 0.166. The molecule has 5 nitrogen and oxygen atoms in total. The fourth-order valence-electron chi connectivity index (χ4n) is 6.77. The van der Waals surface area contributed by atoms with Gasteiger partial charge in [0.15, 0.2) is 0 Å². The molecule has 5 heteroatoms. The summed E-state index contributed by atoms with van der Waals surface area (Å²) in [7, 11) is 0. The number of hydrogen-bond acceptors (Lipinski definition) is 4. The van der Waals surface area contributed by atoms with Gasteiger partial charge in [0.1, 0.15) is 0 Å². The first-order chi connectivity index (χ1) is 16.5. The van der Waals surface area contributed by atoms with Crippen LogP contribution in [0.25, 0.3) is 0 Å². The molecule has 0 N–H and O–H groups in total. The summed E-state index contributed by atoms with van der Waals surface area (Å²) < 4.78 is 5.13. The summed E-state index contributed by atoms with van der Waals surface area (Å²) in [5.41, 5.74) is 4.80. The summed E-state index contributed by atoms with van der Waals surface area (Å²) >= 11 is 0. The van der Waals surface area contributed by atoms with Gasteiger partial charge in [0.2, 0.25) is 11.8 Å². The van der Waals surface area contributed by atoms with Gasteiger partial charge in [-0.2, -0.15) is 0 Å². The largest absolute Gasteiger partial charge is 0.462 e. The van der Waals surface area contributed by atoms with Gasteiger partial charge in [-0.05, 0) is 53.8 Å². The second kappa shape index (κ2) is 7.39. The molecule has 0 aromatic heterocycles. The van der Waals surface area contributed by atoms with E-state index in [9.17, 15) is 14.4 Å². The SMILES string of the molecule is CCOC(=O)c1cccc(N2C(=O)[C@@H]3[C@@H](C2=O)C2c4ccccc4C3(CC)c3ccccc32)c1. The normalized spacial score (nSPS) is 26.2. The van der Waals surface area contributed by atoms with Crippen LogP contribution in [-0.2, 0) is 19.7 Å². The molecular weight excluding hydrogens is 426 g/mol. The Balaban J connectivity index is 1.54. The molecule has 4 aliphatic rings. The highest BCUT2D eigenvalue weighted by Crippen LogP contribution is 2.65. The molecule has 34 heavy (non-hydrogen) atoms. The minimum atomic E-state index is -0.563. The molecule has 3 aliphatic carbocycles. The predicted octanol–water partition coefficient (Wildman–Crippen LogP) is 4.82. The summed E-state index contributed by atoms with van der Waals surface area (Å²) in [5.74, 6) is -1.96. The number of carbonyl (C=O) groups is 3. The van der Waals surface area contributed by atoms with E-state index < -0.39 is 23.2 Å². The minimum Gasteiger partial charge on any atom is -0.462 e. The molecule has 1 fully saturated rings. The molecule has 1 heterocycles. The third-order valence-electron chi connectivity index (χ3n) is 7.97. The fraction of sp³-hybridized carbons (Fsp3) is 0.276. The lowest BCUT2D eigenvalue weighted by Crippen LogP contribution is -2.53. The highest BCUT2D eigenvalue weighted by molar-refractivity contribution is 6.24. The van der Waals surface area contributed by atoms with Crippen molar-refractivity contribution < 1.29 is 19.1 Å². The van der Waals surface area contributed by atoms with Gasteiger partial charge < -0.3 is 4.74 Å². The van der Waals surface area contributed by atoms with Crippen LogP contribution in [0.15, 0.2) is 72.8 Å². The molecule has 0 spiro atoms. The van der Waals surface area contributed by atoms with Gasteiger partial charge in [0.25, 0.3) is 0 Å². The van der Waals surface area contributed by atoms with Crippen LogP contribution in [0, 0.1) is 11.8 Å². The Morgan fingerprint density at radius 3 is 2.15 bits per heavy atom. The van der Waals surface area contributed by atoms with E-state index in [4.69, 9.17) is 4.74 Å². The third-order valence-corrected chi connectivity index (χ3v) is 7.97.